The van der Waals surface area contributed by atoms with Crippen molar-refractivity contribution in [2.24, 2.45) is 0 Å². The molecule has 0 fully saturated rings. The molecule has 6 rings (SSSR count). The number of esters is 1. The van der Waals surface area contributed by atoms with Crippen molar-refractivity contribution < 1.29 is 14.3 Å². The number of ether oxygens (including phenoxy) is 2. The molecule has 4 heteroatoms. The van der Waals surface area contributed by atoms with Crippen LogP contribution in [0.5, 0.6) is 11.5 Å². The molecule has 0 unspecified atom stereocenters. The summed E-state index contributed by atoms with van der Waals surface area (Å²) in [7, 11) is 0. The van der Waals surface area contributed by atoms with E-state index in [1.165, 1.54) is 0 Å². The van der Waals surface area contributed by atoms with Crippen LogP contribution >= 0.6 is 0 Å². The van der Waals surface area contributed by atoms with Gasteiger partial charge in [-0.25, -0.2) is 4.79 Å². The summed E-state index contributed by atoms with van der Waals surface area (Å²) in [5.41, 5.74) is 4.06. The van der Waals surface area contributed by atoms with Gasteiger partial charge in [0.25, 0.3) is 0 Å². The lowest BCUT2D eigenvalue weighted by Crippen LogP contribution is -2.32. The highest BCUT2D eigenvalue weighted by Crippen LogP contribution is 2.57. The second kappa shape index (κ2) is 8.07. The quantitative estimate of drug-likeness (QED) is 0.303. The second-order valence-electron chi connectivity index (χ2n) is 8.71. The maximum Gasteiger partial charge on any atom is 0.342 e. The molecule has 34 heavy (non-hydrogen) atoms. The molecule has 0 radical (unpaired) electrons. The van der Waals surface area contributed by atoms with E-state index in [2.05, 4.69) is 24.0 Å². The molecule has 168 valence electrons. The number of para-hydroxylation sites is 3. The first kappa shape index (κ1) is 20.5. The monoisotopic (exact) mass is 447 g/mol. The number of benzene rings is 4. The third-order valence-corrected chi connectivity index (χ3v) is 6.72. The Hall–Kier alpha value is -4.05. The zero-order valence-electron chi connectivity index (χ0n) is 19.0. The van der Waals surface area contributed by atoms with E-state index in [9.17, 15) is 4.79 Å². The fraction of sp³-hybridized carbons (Fsp3) is 0.167. The van der Waals surface area contributed by atoms with Gasteiger partial charge in [0.15, 0.2) is 5.60 Å². The van der Waals surface area contributed by atoms with Gasteiger partial charge in [0.1, 0.15) is 11.5 Å². The van der Waals surface area contributed by atoms with E-state index in [1.807, 2.05) is 84.9 Å². The average Bonchev–Trinajstić information content (AvgIpc) is 3.18. The normalized spacial score (nSPS) is 14.6. The molecule has 0 saturated carbocycles. The minimum absolute atomic E-state index is 0.311. The van der Waals surface area contributed by atoms with Gasteiger partial charge < -0.3 is 14.4 Å². The van der Waals surface area contributed by atoms with Gasteiger partial charge in [0.2, 0.25) is 0 Å². The average molecular weight is 448 g/mol. The van der Waals surface area contributed by atoms with E-state index >= 15 is 0 Å². The van der Waals surface area contributed by atoms with Crippen LogP contribution in [0.25, 0.3) is 0 Å². The van der Waals surface area contributed by atoms with Crippen molar-refractivity contribution in [3.05, 3.63) is 119 Å². The highest BCUT2D eigenvalue weighted by atomic mass is 16.6. The van der Waals surface area contributed by atoms with E-state index in [0.29, 0.717) is 17.1 Å². The van der Waals surface area contributed by atoms with Crippen molar-refractivity contribution in [2.45, 2.75) is 25.4 Å². The molecule has 0 atom stereocenters. The molecular formula is C30H25NO3. The van der Waals surface area contributed by atoms with Crippen LogP contribution in [-0.4, -0.2) is 12.5 Å². The van der Waals surface area contributed by atoms with E-state index in [-0.39, 0.29) is 5.97 Å². The topological polar surface area (TPSA) is 38.8 Å². The minimum atomic E-state index is -1.04. The maximum atomic E-state index is 13.7. The number of fused-ring (bicyclic) bond motifs is 6. The van der Waals surface area contributed by atoms with Crippen LogP contribution in [0.2, 0.25) is 0 Å². The predicted octanol–water partition coefficient (Wildman–Crippen LogP) is 7.19. The first-order valence-corrected chi connectivity index (χ1v) is 11.8. The Labute approximate surface area is 199 Å². The number of nitrogens with zero attached hydrogens (tertiary/aromatic N) is 1. The minimum Gasteiger partial charge on any atom is -0.456 e. The van der Waals surface area contributed by atoms with Crippen LogP contribution in [0.3, 0.4) is 0 Å². The first-order chi connectivity index (χ1) is 16.7. The predicted molar refractivity (Wildman–Crippen MR) is 133 cm³/mol. The van der Waals surface area contributed by atoms with Crippen LogP contribution in [-0.2, 0) is 10.3 Å². The Bertz CT molecular complexity index is 1330. The Morgan fingerprint density at radius 2 is 1.35 bits per heavy atom. The maximum absolute atomic E-state index is 13.7. The summed E-state index contributed by atoms with van der Waals surface area (Å²) >= 11 is 0. The fourth-order valence-electron chi connectivity index (χ4n) is 5.19. The molecule has 1 spiro atoms. The third kappa shape index (κ3) is 2.95. The van der Waals surface area contributed by atoms with Gasteiger partial charge in [-0.3, -0.25) is 0 Å². The molecule has 4 aromatic carbocycles. The van der Waals surface area contributed by atoms with E-state index in [0.717, 1.165) is 47.5 Å². The number of hydrogen-bond acceptors (Lipinski definition) is 4. The molecule has 0 aromatic heterocycles. The van der Waals surface area contributed by atoms with Crippen LogP contribution < -0.4 is 9.64 Å². The zero-order chi connectivity index (χ0) is 23.1. The Morgan fingerprint density at radius 3 is 2.03 bits per heavy atom. The molecule has 0 bridgehead atoms. The van der Waals surface area contributed by atoms with Crippen molar-refractivity contribution in [2.75, 3.05) is 11.4 Å². The Kier molecular flexibility index (Phi) is 4.88. The molecule has 0 N–H and O–H groups in total. The second-order valence-corrected chi connectivity index (χ2v) is 8.71. The smallest absolute Gasteiger partial charge is 0.342 e. The molecule has 2 aliphatic rings. The lowest BCUT2D eigenvalue weighted by Gasteiger charge is -2.36. The van der Waals surface area contributed by atoms with E-state index < -0.39 is 5.60 Å². The van der Waals surface area contributed by atoms with Gasteiger partial charge in [0.05, 0.1) is 11.3 Å². The molecule has 0 amide bonds. The zero-order valence-corrected chi connectivity index (χ0v) is 19.0. The van der Waals surface area contributed by atoms with Crippen LogP contribution in [0.1, 0.15) is 46.8 Å². The standard InChI is InChI=1S/C30H25NO3/c1-2-3-20-31(21-12-5-4-6-13-21)25-17-11-16-24-28(25)29(32)34-30(24)22-14-7-9-18-26(22)33-27-19-10-8-15-23(27)30/h4-19H,2-3,20H2,1H3. The van der Waals surface area contributed by atoms with Crippen molar-refractivity contribution in [3.63, 3.8) is 0 Å². The summed E-state index contributed by atoms with van der Waals surface area (Å²) in [6.07, 6.45) is 2.07. The molecule has 4 nitrogen and oxygen atoms in total. The molecule has 4 aromatic rings. The lowest BCUT2D eigenvalue weighted by molar-refractivity contribution is 0.0224. The number of rotatable bonds is 5. The van der Waals surface area contributed by atoms with E-state index in [1.54, 1.807) is 0 Å². The summed E-state index contributed by atoms with van der Waals surface area (Å²) in [4.78, 5) is 15.9. The Morgan fingerprint density at radius 1 is 0.735 bits per heavy atom. The van der Waals surface area contributed by atoms with Crippen molar-refractivity contribution in [1.82, 2.24) is 0 Å². The largest absolute Gasteiger partial charge is 0.456 e. The van der Waals surface area contributed by atoms with Gasteiger partial charge in [-0.2, -0.15) is 0 Å². The van der Waals surface area contributed by atoms with Crippen LogP contribution in [0, 0.1) is 0 Å². The fourth-order valence-corrected chi connectivity index (χ4v) is 5.19. The van der Waals surface area contributed by atoms with Crippen LogP contribution in [0.15, 0.2) is 97.1 Å². The number of carbonyl (C=O) groups is 1. The summed E-state index contributed by atoms with van der Waals surface area (Å²) < 4.78 is 12.6. The third-order valence-electron chi connectivity index (χ3n) is 6.72. The number of unbranched alkanes of at least 4 members (excludes halogenated alkanes) is 1. The SMILES string of the molecule is CCCCN(c1ccccc1)c1cccc2c1C(=O)OC21c2ccccc2Oc2ccccc21. The van der Waals surface area contributed by atoms with Gasteiger partial charge in [-0.15, -0.1) is 0 Å². The van der Waals surface area contributed by atoms with Gasteiger partial charge in [0, 0.05) is 28.9 Å². The van der Waals surface area contributed by atoms with Gasteiger partial charge >= 0.3 is 5.97 Å². The molecule has 2 heterocycles. The summed E-state index contributed by atoms with van der Waals surface area (Å²) in [5.74, 6) is 1.10. The summed E-state index contributed by atoms with van der Waals surface area (Å²) in [5, 5.41) is 0. The molecule has 0 saturated heterocycles. The first-order valence-electron chi connectivity index (χ1n) is 11.8. The molecule has 0 aliphatic carbocycles. The van der Waals surface area contributed by atoms with E-state index in [4.69, 9.17) is 9.47 Å². The van der Waals surface area contributed by atoms with Crippen molar-refractivity contribution in [3.8, 4) is 11.5 Å². The van der Waals surface area contributed by atoms with Crippen molar-refractivity contribution >= 4 is 17.3 Å². The van der Waals surface area contributed by atoms with Crippen molar-refractivity contribution in [1.29, 1.82) is 0 Å². The van der Waals surface area contributed by atoms with Gasteiger partial charge in [-0.1, -0.05) is 80.1 Å². The molecule has 2 aliphatic heterocycles. The summed E-state index contributed by atoms with van der Waals surface area (Å²) in [6.45, 7) is 2.99. The molecular weight excluding hydrogens is 422 g/mol. The van der Waals surface area contributed by atoms with Crippen LogP contribution in [0.4, 0.5) is 11.4 Å². The number of carbonyl (C=O) groups excluding carboxylic acids is 1. The lowest BCUT2D eigenvalue weighted by atomic mass is 9.77. The number of anilines is 2. The summed E-state index contributed by atoms with van der Waals surface area (Å²) in [6, 6.07) is 32.0. The highest BCUT2D eigenvalue weighted by molar-refractivity contribution is 6.03. The number of hydrogen-bond donors (Lipinski definition) is 0. The van der Waals surface area contributed by atoms with Gasteiger partial charge in [-0.05, 0) is 36.8 Å². The highest BCUT2D eigenvalue weighted by Gasteiger charge is 2.54. The Balaban J connectivity index is 1.61.